The van der Waals surface area contributed by atoms with E-state index >= 15 is 0 Å². The quantitative estimate of drug-likeness (QED) is 0.873. The van der Waals surface area contributed by atoms with E-state index in [1.165, 1.54) is 0 Å². The molecule has 0 radical (unpaired) electrons. The van der Waals surface area contributed by atoms with Gasteiger partial charge in [0, 0.05) is 22.7 Å². The van der Waals surface area contributed by atoms with Gasteiger partial charge in [-0.2, -0.15) is 0 Å². The van der Waals surface area contributed by atoms with Crippen LogP contribution in [0.25, 0.3) is 0 Å². The first-order valence-corrected chi connectivity index (χ1v) is 6.99. The molecule has 5 heteroatoms. The van der Waals surface area contributed by atoms with E-state index in [2.05, 4.69) is 10.6 Å². The number of rotatable bonds is 2. The molecule has 0 bridgehead atoms. The highest BCUT2D eigenvalue weighted by Gasteiger charge is 2.23. The smallest absolute Gasteiger partial charge is 0.319 e. The largest absolute Gasteiger partial charge is 0.469 e. The summed E-state index contributed by atoms with van der Waals surface area (Å²) in [5.41, 5.74) is 1.80. The van der Waals surface area contributed by atoms with Crippen molar-refractivity contribution in [2.75, 3.05) is 5.32 Å². The molecule has 0 fully saturated rings. The fourth-order valence-corrected chi connectivity index (χ4v) is 2.62. The molecule has 2 amide bonds. The van der Waals surface area contributed by atoms with Crippen LogP contribution >= 0.6 is 11.6 Å². The summed E-state index contributed by atoms with van der Waals surface area (Å²) >= 11 is 5.81. The SMILES string of the molecule is O=C(Nc1ccc(Cl)cc1)NC1CCCc2occc21. The van der Waals surface area contributed by atoms with Crippen molar-refractivity contribution < 1.29 is 9.21 Å². The van der Waals surface area contributed by atoms with Gasteiger partial charge in [-0.1, -0.05) is 11.6 Å². The van der Waals surface area contributed by atoms with Crippen LogP contribution in [0.5, 0.6) is 0 Å². The second kappa shape index (κ2) is 5.59. The van der Waals surface area contributed by atoms with Crippen molar-refractivity contribution in [2.45, 2.75) is 25.3 Å². The molecule has 1 heterocycles. The van der Waals surface area contributed by atoms with E-state index in [0.717, 1.165) is 36.3 Å². The summed E-state index contributed by atoms with van der Waals surface area (Å²) in [6.45, 7) is 0. The third kappa shape index (κ3) is 2.80. The highest BCUT2D eigenvalue weighted by molar-refractivity contribution is 6.30. The molecule has 0 saturated carbocycles. The normalized spacial score (nSPS) is 17.4. The fourth-order valence-electron chi connectivity index (χ4n) is 2.50. The number of halogens is 1. The molecule has 0 aliphatic heterocycles. The van der Waals surface area contributed by atoms with Crippen molar-refractivity contribution in [1.82, 2.24) is 5.32 Å². The van der Waals surface area contributed by atoms with Crippen LogP contribution in [0.15, 0.2) is 41.0 Å². The average molecular weight is 291 g/mol. The monoisotopic (exact) mass is 290 g/mol. The minimum atomic E-state index is -0.216. The maximum Gasteiger partial charge on any atom is 0.319 e. The first-order chi connectivity index (χ1) is 9.72. The van der Waals surface area contributed by atoms with Crippen LogP contribution in [0.2, 0.25) is 5.02 Å². The van der Waals surface area contributed by atoms with E-state index in [9.17, 15) is 4.79 Å². The van der Waals surface area contributed by atoms with Gasteiger partial charge in [-0.25, -0.2) is 4.79 Å². The third-order valence-electron chi connectivity index (χ3n) is 3.46. The molecule has 1 aromatic carbocycles. The number of aryl methyl sites for hydroxylation is 1. The van der Waals surface area contributed by atoms with Gasteiger partial charge in [0.1, 0.15) is 5.76 Å². The Kier molecular flexibility index (Phi) is 3.65. The predicted molar refractivity (Wildman–Crippen MR) is 78.0 cm³/mol. The van der Waals surface area contributed by atoms with Crippen molar-refractivity contribution >= 4 is 23.3 Å². The lowest BCUT2D eigenvalue weighted by Crippen LogP contribution is -2.34. The highest BCUT2D eigenvalue weighted by Crippen LogP contribution is 2.30. The molecule has 1 unspecified atom stereocenters. The average Bonchev–Trinajstić information content (AvgIpc) is 2.91. The first-order valence-electron chi connectivity index (χ1n) is 6.62. The molecular weight excluding hydrogens is 276 g/mol. The second-order valence-electron chi connectivity index (χ2n) is 4.85. The Hall–Kier alpha value is -1.94. The zero-order valence-corrected chi connectivity index (χ0v) is 11.6. The van der Waals surface area contributed by atoms with Gasteiger partial charge in [-0.05, 0) is 43.2 Å². The summed E-state index contributed by atoms with van der Waals surface area (Å²) in [6, 6.07) is 8.76. The van der Waals surface area contributed by atoms with E-state index in [4.69, 9.17) is 16.0 Å². The standard InChI is InChI=1S/C15H15ClN2O2/c16-10-4-6-11(7-5-10)17-15(19)18-13-2-1-3-14-12(13)8-9-20-14/h4-9,13H,1-3H2,(H2,17,18,19). The van der Waals surface area contributed by atoms with Crippen molar-refractivity contribution in [2.24, 2.45) is 0 Å². The Morgan fingerprint density at radius 3 is 2.85 bits per heavy atom. The van der Waals surface area contributed by atoms with Crippen LogP contribution in [0.1, 0.15) is 30.2 Å². The van der Waals surface area contributed by atoms with Gasteiger partial charge in [0.05, 0.1) is 12.3 Å². The molecule has 1 aliphatic carbocycles. The summed E-state index contributed by atoms with van der Waals surface area (Å²) in [6.07, 6.45) is 4.58. The van der Waals surface area contributed by atoms with E-state index in [1.807, 2.05) is 6.07 Å². The molecule has 2 aromatic rings. The second-order valence-corrected chi connectivity index (χ2v) is 5.29. The van der Waals surface area contributed by atoms with Crippen LogP contribution in [0.3, 0.4) is 0 Å². The van der Waals surface area contributed by atoms with Gasteiger partial charge in [-0.3, -0.25) is 0 Å². The van der Waals surface area contributed by atoms with Crippen molar-refractivity contribution in [1.29, 1.82) is 0 Å². The summed E-state index contributed by atoms with van der Waals surface area (Å²) in [5.74, 6) is 0.980. The molecular formula is C15H15ClN2O2. The minimum Gasteiger partial charge on any atom is -0.469 e. The highest BCUT2D eigenvalue weighted by atomic mass is 35.5. The maximum atomic E-state index is 12.0. The van der Waals surface area contributed by atoms with E-state index in [1.54, 1.807) is 30.5 Å². The maximum absolute atomic E-state index is 12.0. The number of nitrogens with one attached hydrogen (secondary N) is 2. The van der Waals surface area contributed by atoms with Crippen LogP contribution < -0.4 is 10.6 Å². The Balaban J connectivity index is 1.64. The molecule has 104 valence electrons. The van der Waals surface area contributed by atoms with E-state index < -0.39 is 0 Å². The lowest BCUT2D eigenvalue weighted by atomic mass is 9.93. The molecule has 1 aliphatic rings. The number of carbonyl (C=O) groups is 1. The Labute approximate surface area is 122 Å². The molecule has 4 nitrogen and oxygen atoms in total. The predicted octanol–water partition coefficient (Wildman–Crippen LogP) is 4.13. The summed E-state index contributed by atoms with van der Waals surface area (Å²) in [4.78, 5) is 12.0. The van der Waals surface area contributed by atoms with E-state index in [-0.39, 0.29) is 12.1 Å². The van der Waals surface area contributed by atoms with Crippen LogP contribution in [-0.2, 0) is 6.42 Å². The topological polar surface area (TPSA) is 54.3 Å². The van der Waals surface area contributed by atoms with Gasteiger partial charge in [-0.15, -0.1) is 0 Å². The zero-order chi connectivity index (χ0) is 13.9. The molecule has 20 heavy (non-hydrogen) atoms. The van der Waals surface area contributed by atoms with Crippen LogP contribution in [-0.4, -0.2) is 6.03 Å². The molecule has 0 spiro atoms. The molecule has 2 N–H and O–H groups in total. The number of amides is 2. The number of urea groups is 1. The van der Waals surface area contributed by atoms with Crippen molar-refractivity contribution in [3.05, 3.63) is 52.9 Å². The van der Waals surface area contributed by atoms with Gasteiger partial charge >= 0.3 is 6.03 Å². The number of anilines is 1. The number of furan rings is 1. The molecule has 1 aromatic heterocycles. The fraction of sp³-hybridized carbons (Fsp3) is 0.267. The van der Waals surface area contributed by atoms with Crippen LogP contribution in [0.4, 0.5) is 10.5 Å². The number of hydrogen-bond donors (Lipinski definition) is 2. The lowest BCUT2D eigenvalue weighted by molar-refractivity contribution is 0.246. The van der Waals surface area contributed by atoms with Crippen molar-refractivity contribution in [3.63, 3.8) is 0 Å². The number of fused-ring (bicyclic) bond motifs is 1. The zero-order valence-electron chi connectivity index (χ0n) is 10.9. The Morgan fingerprint density at radius 2 is 2.05 bits per heavy atom. The third-order valence-corrected chi connectivity index (χ3v) is 3.71. The van der Waals surface area contributed by atoms with Gasteiger partial charge < -0.3 is 15.1 Å². The minimum absolute atomic E-state index is 0.0183. The van der Waals surface area contributed by atoms with Gasteiger partial charge in [0.2, 0.25) is 0 Å². The summed E-state index contributed by atoms with van der Waals surface area (Å²) < 4.78 is 5.41. The number of hydrogen-bond acceptors (Lipinski definition) is 2. The number of carbonyl (C=O) groups excluding carboxylic acids is 1. The van der Waals surface area contributed by atoms with Crippen molar-refractivity contribution in [3.8, 4) is 0 Å². The van der Waals surface area contributed by atoms with Gasteiger partial charge in [0.15, 0.2) is 0 Å². The summed E-state index contributed by atoms with van der Waals surface area (Å²) in [7, 11) is 0. The van der Waals surface area contributed by atoms with E-state index in [0.29, 0.717) is 5.02 Å². The van der Waals surface area contributed by atoms with Crippen LogP contribution in [0, 0.1) is 0 Å². The number of benzene rings is 1. The molecule has 0 saturated heterocycles. The lowest BCUT2D eigenvalue weighted by Gasteiger charge is -2.22. The molecule has 3 rings (SSSR count). The first kappa shape index (κ1) is 13.1. The molecule has 1 atom stereocenters. The Morgan fingerprint density at radius 1 is 1.25 bits per heavy atom. The summed E-state index contributed by atoms with van der Waals surface area (Å²) in [5, 5.41) is 6.43. The Bertz CT molecular complexity index is 607. The van der Waals surface area contributed by atoms with Gasteiger partial charge in [0.25, 0.3) is 0 Å².